The van der Waals surface area contributed by atoms with E-state index in [1.807, 2.05) is 15.9 Å². The molecule has 0 bridgehead atoms. The van der Waals surface area contributed by atoms with Crippen molar-refractivity contribution < 1.29 is 13.2 Å². The van der Waals surface area contributed by atoms with E-state index in [-0.39, 0.29) is 16.7 Å². The van der Waals surface area contributed by atoms with E-state index in [0.717, 1.165) is 38.8 Å². The van der Waals surface area contributed by atoms with Crippen LogP contribution in [-0.4, -0.2) is 62.7 Å². The maximum absolute atomic E-state index is 12.8. The lowest BCUT2D eigenvalue weighted by atomic mass is 9.92. The molecule has 0 radical (unpaired) electrons. The van der Waals surface area contributed by atoms with Gasteiger partial charge in [0.1, 0.15) is 4.90 Å². The summed E-state index contributed by atoms with van der Waals surface area (Å²) in [6, 6.07) is 6.95. The number of benzene rings is 1. The number of sulfonamides is 1. The minimum Gasteiger partial charge on any atom is -0.355 e. The van der Waals surface area contributed by atoms with Crippen molar-refractivity contribution >= 4 is 21.8 Å². The molecule has 0 aromatic heterocycles. The summed E-state index contributed by atoms with van der Waals surface area (Å²) in [5.41, 5.74) is 6.41. The summed E-state index contributed by atoms with van der Waals surface area (Å²) in [5.74, 6) is 1.33. The van der Waals surface area contributed by atoms with Gasteiger partial charge >= 0.3 is 0 Å². The largest absolute Gasteiger partial charge is 0.355 e. The van der Waals surface area contributed by atoms with Crippen LogP contribution in [0, 0.1) is 11.8 Å². The molecule has 8 heteroatoms. The van der Waals surface area contributed by atoms with Gasteiger partial charge in [-0.1, -0.05) is 12.1 Å². The minimum atomic E-state index is -3.60. The minimum absolute atomic E-state index is 0.0181. The second-order valence-corrected chi connectivity index (χ2v) is 9.22. The Hall–Kier alpha value is -1.93. The second kappa shape index (κ2) is 7.24. The number of amidine groups is 1. The molecular formula is C19H26N4O3S. The Labute approximate surface area is 160 Å². The number of carbonyl (C=O) groups is 1. The van der Waals surface area contributed by atoms with Gasteiger partial charge in [0.05, 0.1) is 0 Å². The van der Waals surface area contributed by atoms with E-state index in [0.29, 0.717) is 37.0 Å². The molecule has 3 heterocycles. The summed E-state index contributed by atoms with van der Waals surface area (Å²) in [5, 5.41) is 0. The first-order chi connectivity index (χ1) is 13.0. The van der Waals surface area contributed by atoms with Crippen molar-refractivity contribution in [2.24, 2.45) is 22.0 Å². The molecule has 2 fully saturated rings. The highest BCUT2D eigenvalue weighted by Gasteiger charge is 2.35. The maximum Gasteiger partial charge on any atom is 0.285 e. The fourth-order valence-electron chi connectivity index (χ4n) is 4.30. The topological polar surface area (TPSA) is 96.1 Å². The van der Waals surface area contributed by atoms with Crippen LogP contribution in [0.25, 0.3) is 0 Å². The monoisotopic (exact) mass is 390 g/mol. The molecule has 7 nitrogen and oxygen atoms in total. The van der Waals surface area contributed by atoms with Crippen LogP contribution < -0.4 is 5.73 Å². The molecule has 0 spiro atoms. The van der Waals surface area contributed by atoms with Crippen LogP contribution in [0.3, 0.4) is 0 Å². The molecule has 0 unspecified atom stereocenters. The predicted molar refractivity (Wildman–Crippen MR) is 103 cm³/mol. The third kappa shape index (κ3) is 3.48. The van der Waals surface area contributed by atoms with Crippen LogP contribution in [0.4, 0.5) is 0 Å². The van der Waals surface area contributed by atoms with Gasteiger partial charge in [0.25, 0.3) is 10.0 Å². The average Bonchev–Trinajstić information content (AvgIpc) is 2.99. The first kappa shape index (κ1) is 18.4. The number of rotatable bonds is 2. The van der Waals surface area contributed by atoms with E-state index < -0.39 is 10.0 Å². The van der Waals surface area contributed by atoms with Gasteiger partial charge in [0.15, 0.2) is 5.84 Å². The van der Waals surface area contributed by atoms with E-state index >= 15 is 0 Å². The summed E-state index contributed by atoms with van der Waals surface area (Å²) in [4.78, 5) is 17.1. The van der Waals surface area contributed by atoms with E-state index in [4.69, 9.17) is 5.73 Å². The zero-order valence-electron chi connectivity index (χ0n) is 15.4. The van der Waals surface area contributed by atoms with Gasteiger partial charge in [0, 0.05) is 37.7 Å². The average molecular weight is 391 g/mol. The first-order valence-corrected chi connectivity index (χ1v) is 11.1. The summed E-state index contributed by atoms with van der Waals surface area (Å²) >= 11 is 0. The normalized spacial score (nSPS) is 23.2. The zero-order valence-corrected chi connectivity index (χ0v) is 16.2. The van der Waals surface area contributed by atoms with Crippen LogP contribution >= 0.6 is 0 Å². The highest BCUT2D eigenvalue weighted by molar-refractivity contribution is 7.90. The van der Waals surface area contributed by atoms with Gasteiger partial charge in [-0.25, -0.2) is 0 Å². The summed E-state index contributed by atoms with van der Waals surface area (Å²) in [6.07, 6.45) is 3.45. The van der Waals surface area contributed by atoms with E-state index in [1.165, 1.54) is 0 Å². The van der Waals surface area contributed by atoms with Crippen LogP contribution in [0.2, 0.25) is 0 Å². The number of hydrogen-bond acceptors (Lipinski definition) is 5. The van der Waals surface area contributed by atoms with Crippen molar-refractivity contribution in [2.45, 2.75) is 30.6 Å². The van der Waals surface area contributed by atoms with Gasteiger partial charge in [-0.2, -0.15) is 8.42 Å². The molecular weight excluding hydrogens is 364 g/mol. The lowest BCUT2D eigenvalue weighted by molar-refractivity contribution is -0.138. The Kier molecular flexibility index (Phi) is 4.94. The fraction of sp³-hybridized carbons (Fsp3) is 0.579. The van der Waals surface area contributed by atoms with Gasteiger partial charge in [-0.3, -0.25) is 4.79 Å². The molecule has 1 amide bonds. The Morgan fingerprint density at radius 1 is 1.07 bits per heavy atom. The molecule has 1 aromatic carbocycles. The smallest absolute Gasteiger partial charge is 0.285 e. The standard InChI is InChI=1S/C19H26N4O3S/c20-13-14-5-9-23(10-6-14)19(24)15-7-11-22(12-8-15)18-16-3-1-2-4-17(16)27(25,26)21-18/h1-4,14-15H,5-13,20H2. The Morgan fingerprint density at radius 2 is 1.74 bits per heavy atom. The molecule has 0 atom stereocenters. The molecule has 3 aliphatic rings. The number of fused-ring (bicyclic) bond motifs is 1. The molecule has 2 N–H and O–H groups in total. The van der Waals surface area contributed by atoms with Gasteiger partial charge < -0.3 is 15.5 Å². The van der Waals surface area contributed by atoms with Gasteiger partial charge in [0.2, 0.25) is 5.91 Å². The lowest BCUT2D eigenvalue weighted by Crippen LogP contribution is -2.47. The van der Waals surface area contributed by atoms with Crippen LogP contribution in [0.15, 0.2) is 33.6 Å². The van der Waals surface area contributed by atoms with Crippen LogP contribution in [0.1, 0.15) is 31.2 Å². The number of hydrogen-bond donors (Lipinski definition) is 1. The van der Waals surface area contributed by atoms with Crippen molar-refractivity contribution in [1.29, 1.82) is 0 Å². The fourth-order valence-corrected chi connectivity index (χ4v) is 5.53. The molecule has 0 aliphatic carbocycles. The molecule has 1 aromatic rings. The van der Waals surface area contributed by atoms with E-state index in [1.54, 1.807) is 18.2 Å². The van der Waals surface area contributed by atoms with Crippen LogP contribution in [-0.2, 0) is 14.8 Å². The number of likely N-dealkylation sites (tertiary alicyclic amines) is 2. The Bertz CT molecular complexity index is 851. The highest BCUT2D eigenvalue weighted by atomic mass is 32.2. The van der Waals surface area contributed by atoms with Gasteiger partial charge in [-0.15, -0.1) is 4.40 Å². The quantitative estimate of drug-likeness (QED) is 0.814. The van der Waals surface area contributed by atoms with E-state index in [2.05, 4.69) is 4.40 Å². The summed E-state index contributed by atoms with van der Waals surface area (Å²) in [6.45, 7) is 3.61. The molecule has 3 aliphatic heterocycles. The van der Waals surface area contributed by atoms with Crippen molar-refractivity contribution in [3.05, 3.63) is 29.8 Å². The van der Waals surface area contributed by atoms with Crippen molar-refractivity contribution in [2.75, 3.05) is 32.7 Å². The Morgan fingerprint density at radius 3 is 2.41 bits per heavy atom. The zero-order chi connectivity index (χ0) is 19.0. The molecule has 0 saturated carbocycles. The number of nitrogens with two attached hydrogens (primary N) is 1. The van der Waals surface area contributed by atoms with Crippen molar-refractivity contribution in [3.8, 4) is 0 Å². The summed E-state index contributed by atoms with van der Waals surface area (Å²) in [7, 11) is -3.60. The number of amides is 1. The van der Waals surface area contributed by atoms with Crippen molar-refractivity contribution in [3.63, 3.8) is 0 Å². The highest BCUT2D eigenvalue weighted by Crippen LogP contribution is 2.30. The molecule has 146 valence electrons. The van der Waals surface area contributed by atoms with E-state index in [9.17, 15) is 13.2 Å². The van der Waals surface area contributed by atoms with Crippen molar-refractivity contribution in [1.82, 2.24) is 9.80 Å². The van der Waals surface area contributed by atoms with Crippen LogP contribution in [0.5, 0.6) is 0 Å². The SMILES string of the molecule is NCC1CCN(C(=O)C2CCN(C3=NS(=O)(=O)c4ccccc43)CC2)CC1. The number of nitrogens with zero attached hydrogens (tertiary/aromatic N) is 3. The Balaban J connectivity index is 1.39. The second-order valence-electron chi connectivity index (χ2n) is 7.65. The summed E-state index contributed by atoms with van der Waals surface area (Å²) < 4.78 is 28.5. The third-order valence-electron chi connectivity index (χ3n) is 6.02. The third-order valence-corrected chi connectivity index (χ3v) is 7.34. The number of carbonyl (C=O) groups excluding carboxylic acids is 1. The number of piperidine rings is 2. The lowest BCUT2D eigenvalue weighted by Gasteiger charge is -2.37. The first-order valence-electron chi connectivity index (χ1n) is 9.68. The van der Waals surface area contributed by atoms with Gasteiger partial charge in [-0.05, 0) is 50.3 Å². The molecule has 2 saturated heterocycles. The predicted octanol–water partition coefficient (Wildman–Crippen LogP) is 1.04. The maximum atomic E-state index is 12.8. The molecule has 4 rings (SSSR count). The molecule has 27 heavy (non-hydrogen) atoms.